The lowest BCUT2D eigenvalue weighted by atomic mass is 10.0. The molecule has 0 spiro atoms. The molecule has 32 heavy (non-hydrogen) atoms. The number of benzene rings is 1. The van der Waals surface area contributed by atoms with Crippen molar-refractivity contribution in [2.45, 2.75) is 52.6 Å². The van der Waals surface area contributed by atoms with Crippen LogP contribution in [0.25, 0.3) is 0 Å². The van der Waals surface area contributed by atoms with Gasteiger partial charge in [-0.25, -0.2) is 0 Å². The van der Waals surface area contributed by atoms with Crippen molar-refractivity contribution >= 4 is 11.8 Å². The first-order valence-corrected chi connectivity index (χ1v) is 10.8. The van der Waals surface area contributed by atoms with E-state index in [2.05, 4.69) is 15.3 Å². The van der Waals surface area contributed by atoms with Crippen molar-refractivity contribution in [3.63, 3.8) is 0 Å². The molecule has 2 amide bonds. The van der Waals surface area contributed by atoms with Crippen LogP contribution in [0.15, 0.2) is 39.4 Å². The molecule has 1 aliphatic rings. The van der Waals surface area contributed by atoms with Crippen LogP contribution in [0.2, 0.25) is 0 Å². The Bertz CT molecular complexity index is 1070. The van der Waals surface area contributed by atoms with Gasteiger partial charge >= 0.3 is 0 Å². The number of hydrogen-bond acceptors (Lipinski definition) is 7. The highest BCUT2D eigenvalue weighted by Gasteiger charge is 2.38. The maximum atomic E-state index is 13.4. The van der Waals surface area contributed by atoms with Gasteiger partial charge in [0.15, 0.2) is 5.82 Å². The van der Waals surface area contributed by atoms with Crippen LogP contribution in [0.3, 0.4) is 0 Å². The van der Waals surface area contributed by atoms with E-state index in [9.17, 15) is 9.59 Å². The Morgan fingerprint density at radius 2 is 1.88 bits per heavy atom. The van der Waals surface area contributed by atoms with E-state index in [4.69, 9.17) is 9.05 Å². The van der Waals surface area contributed by atoms with Gasteiger partial charge in [0.05, 0.1) is 12.1 Å². The van der Waals surface area contributed by atoms with Crippen molar-refractivity contribution in [2.24, 2.45) is 0 Å². The largest absolute Gasteiger partial charge is 0.361 e. The number of piperazine rings is 1. The van der Waals surface area contributed by atoms with Crippen molar-refractivity contribution in [3.05, 3.63) is 64.6 Å². The highest BCUT2D eigenvalue weighted by molar-refractivity contribution is 5.89. The molecular formula is C23H27N5O4. The molecule has 1 atom stereocenters. The smallest absolute Gasteiger partial charge is 0.246 e. The van der Waals surface area contributed by atoms with Crippen LogP contribution in [-0.4, -0.2) is 56.0 Å². The Hall–Kier alpha value is -3.49. The van der Waals surface area contributed by atoms with Crippen molar-refractivity contribution in [1.82, 2.24) is 25.1 Å². The summed E-state index contributed by atoms with van der Waals surface area (Å²) in [7, 11) is 0. The molecule has 4 rings (SSSR count). The van der Waals surface area contributed by atoms with Crippen LogP contribution in [-0.2, 0) is 29.0 Å². The molecule has 3 heterocycles. The molecule has 2 aromatic heterocycles. The average Bonchev–Trinajstić information content (AvgIpc) is 3.34. The number of aryl methyl sites for hydroxylation is 3. The second kappa shape index (κ2) is 9.33. The maximum absolute atomic E-state index is 13.4. The minimum absolute atomic E-state index is 0.0843. The van der Waals surface area contributed by atoms with Crippen LogP contribution < -0.4 is 0 Å². The number of aromatic nitrogens is 3. The number of rotatable bonds is 7. The molecule has 0 N–H and O–H groups in total. The van der Waals surface area contributed by atoms with E-state index in [1.165, 1.54) is 0 Å². The summed E-state index contributed by atoms with van der Waals surface area (Å²) in [5, 5.41) is 7.77. The number of carbonyl (C=O) groups is 2. The van der Waals surface area contributed by atoms with E-state index >= 15 is 0 Å². The molecule has 0 bridgehead atoms. The Balaban J connectivity index is 1.50. The molecule has 1 aliphatic heterocycles. The standard InChI is InChI=1S/C23H27N5O4/c1-15-19(16(2)31-25-15)9-10-22(29)28-12-11-27(14-18-7-5-4-6-8-18)23(30)20(28)13-21-24-17(3)26-32-21/h4-8,20H,9-14H2,1-3H3. The highest BCUT2D eigenvalue weighted by atomic mass is 16.5. The van der Waals surface area contributed by atoms with Crippen molar-refractivity contribution in [2.75, 3.05) is 13.1 Å². The van der Waals surface area contributed by atoms with Gasteiger partial charge in [-0.05, 0) is 32.8 Å². The quantitative estimate of drug-likeness (QED) is 0.559. The molecule has 0 saturated carbocycles. The van der Waals surface area contributed by atoms with Crippen LogP contribution in [0, 0.1) is 20.8 Å². The van der Waals surface area contributed by atoms with Crippen LogP contribution in [0.1, 0.15) is 40.7 Å². The minimum atomic E-state index is -0.676. The summed E-state index contributed by atoms with van der Waals surface area (Å²) >= 11 is 0. The summed E-state index contributed by atoms with van der Waals surface area (Å²) in [4.78, 5) is 34.3. The number of hydrogen-bond donors (Lipinski definition) is 0. The summed E-state index contributed by atoms with van der Waals surface area (Å²) < 4.78 is 10.5. The lowest BCUT2D eigenvalue weighted by Gasteiger charge is -2.40. The summed E-state index contributed by atoms with van der Waals surface area (Å²) in [5.41, 5.74) is 2.78. The molecular weight excluding hydrogens is 410 g/mol. The Morgan fingerprint density at radius 3 is 2.53 bits per heavy atom. The fourth-order valence-electron chi connectivity index (χ4n) is 4.12. The summed E-state index contributed by atoms with van der Waals surface area (Å²) in [5.74, 6) is 1.38. The highest BCUT2D eigenvalue weighted by Crippen LogP contribution is 2.21. The van der Waals surface area contributed by atoms with Gasteiger partial charge < -0.3 is 18.8 Å². The van der Waals surface area contributed by atoms with Crippen molar-refractivity contribution < 1.29 is 18.6 Å². The molecule has 0 aliphatic carbocycles. The first-order chi connectivity index (χ1) is 15.4. The molecule has 1 fully saturated rings. The molecule has 3 aromatic rings. The topological polar surface area (TPSA) is 106 Å². The van der Waals surface area contributed by atoms with Gasteiger partial charge in [0.1, 0.15) is 11.8 Å². The van der Waals surface area contributed by atoms with Crippen LogP contribution >= 0.6 is 0 Å². The molecule has 1 aromatic carbocycles. The first-order valence-electron chi connectivity index (χ1n) is 10.8. The zero-order valence-corrected chi connectivity index (χ0v) is 18.6. The predicted molar refractivity (Wildman–Crippen MR) is 114 cm³/mol. The van der Waals surface area contributed by atoms with Gasteiger partial charge in [-0.2, -0.15) is 4.98 Å². The second-order valence-electron chi connectivity index (χ2n) is 8.09. The monoisotopic (exact) mass is 437 g/mol. The molecule has 1 unspecified atom stereocenters. The number of amides is 2. The van der Waals surface area contributed by atoms with Crippen molar-refractivity contribution in [3.8, 4) is 0 Å². The number of nitrogens with zero attached hydrogens (tertiary/aromatic N) is 5. The third kappa shape index (κ3) is 4.71. The van der Waals surface area contributed by atoms with E-state index in [0.717, 1.165) is 22.6 Å². The van der Waals surface area contributed by atoms with Gasteiger partial charge in [0.2, 0.25) is 17.7 Å². The molecule has 1 saturated heterocycles. The Labute approximate surface area is 186 Å². The maximum Gasteiger partial charge on any atom is 0.246 e. The van der Waals surface area contributed by atoms with E-state index in [1.54, 1.807) is 16.7 Å². The molecule has 9 nitrogen and oxygen atoms in total. The zero-order valence-electron chi connectivity index (χ0n) is 18.6. The SMILES string of the molecule is Cc1noc(CC2C(=O)N(Cc3ccccc3)CCN2C(=O)CCc2c(C)noc2C)n1. The minimum Gasteiger partial charge on any atom is -0.361 e. The van der Waals surface area contributed by atoms with E-state index in [-0.39, 0.29) is 24.7 Å². The summed E-state index contributed by atoms with van der Waals surface area (Å²) in [6, 6.07) is 9.15. The van der Waals surface area contributed by atoms with Gasteiger partial charge in [0.25, 0.3) is 0 Å². The third-order valence-electron chi connectivity index (χ3n) is 5.83. The average molecular weight is 438 g/mol. The van der Waals surface area contributed by atoms with Gasteiger partial charge in [-0.15, -0.1) is 0 Å². The molecule has 9 heteroatoms. The third-order valence-corrected chi connectivity index (χ3v) is 5.83. The van der Waals surface area contributed by atoms with E-state index in [0.29, 0.717) is 37.8 Å². The molecule has 168 valence electrons. The van der Waals surface area contributed by atoms with E-state index < -0.39 is 6.04 Å². The summed E-state index contributed by atoms with van der Waals surface area (Å²) in [6.45, 7) is 6.86. The predicted octanol–water partition coefficient (Wildman–Crippen LogP) is 2.40. The second-order valence-corrected chi connectivity index (χ2v) is 8.09. The fourth-order valence-corrected chi connectivity index (χ4v) is 4.12. The van der Waals surface area contributed by atoms with Gasteiger partial charge in [-0.1, -0.05) is 40.6 Å². The lowest BCUT2D eigenvalue weighted by molar-refractivity contribution is -0.152. The Kier molecular flexibility index (Phi) is 6.34. The normalized spacial score (nSPS) is 16.6. The van der Waals surface area contributed by atoms with Crippen LogP contribution in [0.4, 0.5) is 0 Å². The Morgan fingerprint density at radius 1 is 1.09 bits per heavy atom. The van der Waals surface area contributed by atoms with Crippen LogP contribution in [0.5, 0.6) is 0 Å². The number of carbonyl (C=O) groups excluding carboxylic acids is 2. The summed E-state index contributed by atoms with van der Waals surface area (Å²) in [6.07, 6.45) is 0.987. The van der Waals surface area contributed by atoms with Crippen molar-refractivity contribution in [1.29, 1.82) is 0 Å². The fraction of sp³-hybridized carbons (Fsp3) is 0.435. The zero-order chi connectivity index (χ0) is 22.7. The van der Waals surface area contributed by atoms with E-state index in [1.807, 2.05) is 44.2 Å². The first kappa shape index (κ1) is 21.7. The van der Waals surface area contributed by atoms with Gasteiger partial charge in [0, 0.05) is 31.6 Å². The molecule has 0 radical (unpaired) electrons. The van der Waals surface area contributed by atoms with Gasteiger partial charge in [-0.3, -0.25) is 9.59 Å². The lowest BCUT2D eigenvalue weighted by Crippen LogP contribution is -2.59.